The smallest absolute Gasteiger partial charge is 0.157 e. The van der Waals surface area contributed by atoms with Crippen molar-refractivity contribution in [2.75, 3.05) is 0 Å². The van der Waals surface area contributed by atoms with Crippen LogP contribution in [-0.4, -0.2) is 10.2 Å². The molecule has 0 aromatic heterocycles. The normalized spacial score (nSPS) is 12.7. The molecule has 1 aromatic carbocycles. The summed E-state index contributed by atoms with van der Waals surface area (Å²) in [6.07, 6.45) is 3.33. The van der Waals surface area contributed by atoms with Crippen LogP contribution in [0.15, 0.2) is 18.2 Å². The molecule has 0 aliphatic rings. The zero-order valence-electron chi connectivity index (χ0n) is 8.83. The van der Waals surface area contributed by atoms with Gasteiger partial charge in [0.15, 0.2) is 11.5 Å². The minimum atomic E-state index is -0.0416. The molecule has 0 fully saturated rings. The summed E-state index contributed by atoms with van der Waals surface area (Å²) in [6.45, 7) is 4.30. The third-order valence-corrected chi connectivity index (χ3v) is 2.60. The van der Waals surface area contributed by atoms with Crippen LogP contribution in [-0.2, 0) is 0 Å². The highest BCUT2D eigenvalue weighted by Gasteiger charge is 2.10. The van der Waals surface area contributed by atoms with Gasteiger partial charge in [0.2, 0.25) is 0 Å². The molecular formula is C12H18O2. The van der Waals surface area contributed by atoms with Crippen molar-refractivity contribution in [2.24, 2.45) is 0 Å². The van der Waals surface area contributed by atoms with Gasteiger partial charge in [0, 0.05) is 0 Å². The Morgan fingerprint density at radius 3 is 2.36 bits per heavy atom. The van der Waals surface area contributed by atoms with Gasteiger partial charge >= 0.3 is 0 Å². The lowest BCUT2D eigenvalue weighted by Gasteiger charge is -2.14. The first-order valence-electron chi connectivity index (χ1n) is 5.20. The first kappa shape index (κ1) is 10.9. The Kier molecular flexibility index (Phi) is 3.81. The SMILES string of the molecule is CCCC(CC)c1ccc(O)c(O)c1. The standard InChI is InChI=1S/C12H18O2/c1-3-5-9(4-2)10-6-7-11(13)12(14)8-10/h6-9,13-14H,3-5H2,1-2H3. The zero-order chi connectivity index (χ0) is 10.6. The van der Waals surface area contributed by atoms with Gasteiger partial charge < -0.3 is 10.2 Å². The van der Waals surface area contributed by atoms with E-state index in [4.69, 9.17) is 0 Å². The molecule has 14 heavy (non-hydrogen) atoms. The van der Waals surface area contributed by atoms with Crippen LogP contribution >= 0.6 is 0 Å². The van der Waals surface area contributed by atoms with E-state index in [-0.39, 0.29) is 11.5 Å². The Hall–Kier alpha value is -1.18. The average molecular weight is 194 g/mol. The van der Waals surface area contributed by atoms with E-state index in [1.54, 1.807) is 12.1 Å². The van der Waals surface area contributed by atoms with Gasteiger partial charge in [0.25, 0.3) is 0 Å². The van der Waals surface area contributed by atoms with Gasteiger partial charge in [-0.25, -0.2) is 0 Å². The second kappa shape index (κ2) is 4.89. The molecule has 0 bridgehead atoms. The lowest BCUT2D eigenvalue weighted by Crippen LogP contribution is -1.96. The first-order valence-corrected chi connectivity index (χ1v) is 5.20. The predicted octanol–water partition coefficient (Wildman–Crippen LogP) is 3.39. The number of rotatable bonds is 4. The predicted molar refractivity (Wildman–Crippen MR) is 57.7 cm³/mol. The third kappa shape index (κ3) is 2.41. The molecular weight excluding hydrogens is 176 g/mol. The molecule has 0 radical (unpaired) electrons. The van der Waals surface area contributed by atoms with Crippen molar-refractivity contribution in [2.45, 2.75) is 39.0 Å². The van der Waals surface area contributed by atoms with Gasteiger partial charge in [0.05, 0.1) is 0 Å². The minimum absolute atomic E-state index is 0.0166. The van der Waals surface area contributed by atoms with Crippen molar-refractivity contribution in [1.82, 2.24) is 0 Å². The summed E-state index contributed by atoms with van der Waals surface area (Å²) in [5, 5.41) is 18.5. The van der Waals surface area contributed by atoms with Crippen LogP contribution in [0.4, 0.5) is 0 Å². The molecule has 0 amide bonds. The van der Waals surface area contributed by atoms with E-state index in [0.717, 1.165) is 24.8 Å². The highest BCUT2D eigenvalue weighted by molar-refractivity contribution is 5.41. The summed E-state index contributed by atoms with van der Waals surface area (Å²) in [7, 11) is 0. The van der Waals surface area contributed by atoms with Crippen molar-refractivity contribution < 1.29 is 10.2 Å². The highest BCUT2D eigenvalue weighted by Crippen LogP contribution is 2.31. The van der Waals surface area contributed by atoms with Gasteiger partial charge in [-0.2, -0.15) is 0 Å². The van der Waals surface area contributed by atoms with Gasteiger partial charge in [-0.15, -0.1) is 0 Å². The topological polar surface area (TPSA) is 40.5 Å². The fraction of sp³-hybridized carbons (Fsp3) is 0.500. The van der Waals surface area contributed by atoms with Crippen LogP contribution in [0.1, 0.15) is 44.6 Å². The van der Waals surface area contributed by atoms with Crippen LogP contribution in [0.2, 0.25) is 0 Å². The van der Waals surface area contributed by atoms with Gasteiger partial charge in [-0.3, -0.25) is 0 Å². The Morgan fingerprint density at radius 2 is 1.86 bits per heavy atom. The molecule has 78 valence electrons. The maximum absolute atomic E-state index is 9.36. The van der Waals surface area contributed by atoms with Gasteiger partial charge in [0.1, 0.15) is 0 Å². The van der Waals surface area contributed by atoms with Crippen molar-refractivity contribution >= 4 is 0 Å². The fourth-order valence-electron chi connectivity index (χ4n) is 1.75. The van der Waals surface area contributed by atoms with Crippen molar-refractivity contribution in [3.63, 3.8) is 0 Å². The second-order valence-electron chi connectivity index (χ2n) is 3.64. The minimum Gasteiger partial charge on any atom is -0.504 e. The molecule has 0 saturated carbocycles. The molecule has 1 atom stereocenters. The molecule has 1 unspecified atom stereocenters. The van der Waals surface area contributed by atoms with E-state index >= 15 is 0 Å². The average Bonchev–Trinajstić information content (AvgIpc) is 2.19. The molecule has 0 saturated heterocycles. The maximum atomic E-state index is 9.36. The molecule has 2 heteroatoms. The van der Waals surface area contributed by atoms with E-state index in [9.17, 15) is 10.2 Å². The summed E-state index contributed by atoms with van der Waals surface area (Å²) in [5.41, 5.74) is 1.12. The number of phenolic OH excluding ortho intramolecular Hbond substituents is 2. The second-order valence-corrected chi connectivity index (χ2v) is 3.64. The van der Waals surface area contributed by atoms with E-state index in [1.165, 1.54) is 0 Å². The monoisotopic (exact) mass is 194 g/mol. The Labute approximate surface area is 85.2 Å². The van der Waals surface area contributed by atoms with Gasteiger partial charge in [-0.05, 0) is 36.5 Å². The number of hydrogen-bond donors (Lipinski definition) is 2. The quantitative estimate of drug-likeness (QED) is 0.721. The molecule has 0 heterocycles. The van der Waals surface area contributed by atoms with Crippen LogP contribution in [0.5, 0.6) is 11.5 Å². The van der Waals surface area contributed by atoms with E-state index in [2.05, 4.69) is 13.8 Å². The van der Waals surface area contributed by atoms with Crippen LogP contribution in [0, 0.1) is 0 Å². The Morgan fingerprint density at radius 1 is 1.14 bits per heavy atom. The summed E-state index contributed by atoms with van der Waals surface area (Å²) in [6, 6.07) is 5.11. The molecule has 0 aliphatic carbocycles. The molecule has 0 spiro atoms. The largest absolute Gasteiger partial charge is 0.504 e. The summed E-state index contributed by atoms with van der Waals surface area (Å²) in [5.74, 6) is 0.434. The van der Waals surface area contributed by atoms with Crippen LogP contribution < -0.4 is 0 Å². The molecule has 1 rings (SSSR count). The zero-order valence-corrected chi connectivity index (χ0v) is 8.83. The molecule has 2 nitrogen and oxygen atoms in total. The Bertz CT molecular complexity index is 294. The highest BCUT2D eigenvalue weighted by atomic mass is 16.3. The maximum Gasteiger partial charge on any atom is 0.157 e. The van der Waals surface area contributed by atoms with Gasteiger partial charge in [-0.1, -0.05) is 26.3 Å². The van der Waals surface area contributed by atoms with E-state index in [1.807, 2.05) is 6.07 Å². The third-order valence-electron chi connectivity index (χ3n) is 2.60. The molecule has 2 N–H and O–H groups in total. The van der Waals surface area contributed by atoms with E-state index < -0.39 is 0 Å². The fourth-order valence-corrected chi connectivity index (χ4v) is 1.75. The summed E-state index contributed by atoms with van der Waals surface area (Å²) < 4.78 is 0. The lowest BCUT2D eigenvalue weighted by molar-refractivity contribution is 0.402. The summed E-state index contributed by atoms with van der Waals surface area (Å²) >= 11 is 0. The number of aromatic hydroxyl groups is 2. The lowest BCUT2D eigenvalue weighted by atomic mass is 9.92. The molecule has 0 aliphatic heterocycles. The van der Waals surface area contributed by atoms with E-state index in [0.29, 0.717) is 5.92 Å². The number of phenols is 2. The first-order chi connectivity index (χ1) is 6.69. The van der Waals surface area contributed by atoms with Crippen molar-refractivity contribution in [3.05, 3.63) is 23.8 Å². The number of hydrogen-bond acceptors (Lipinski definition) is 2. The summed E-state index contributed by atoms with van der Waals surface area (Å²) in [4.78, 5) is 0. The van der Waals surface area contributed by atoms with Crippen LogP contribution in [0.25, 0.3) is 0 Å². The number of benzene rings is 1. The van der Waals surface area contributed by atoms with Crippen molar-refractivity contribution in [3.8, 4) is 11.5 Å². The van der Waals surface area contributed by atoms with Crippen molar-refractivity contribution in [1.29, 1.82) is 0 Å². The Balaban J connectivity index is 2.88. The van der Waals surface area contributed by atoms with Crippen LogP contribution in [0.3, 0.4) is 0 Å². The molecule has 1 aromatic rings.